The molecule has 3 aromatic heterocycles. The van der Waals surface area contributed by atoms with Gasteiger partial charge in [-0.2, -0.15) is 0 Å². The zero-order valence-corrected chi connectivity index (χ0v) is 19.1. The number of ketones is 1. The molecule has 0 bridgehead atoms. The predicted molar refractivity (Wildman–Crippen MR) is 106 cm³/mol. The predicted octanol–water partition coefficient (Wildman–Crippen LogP) is -1.29. The van der Waals surface area contributed by atoms with Gasteiger partial charge >= 0.3 is 29.6 Å². The second-order valence-electron chi connectivity index (χ2n) is 6.79. The topological polar surface area (TPSA) is 92.8 Å². The molecule has 0 spiro atoms. The van der Waals surface area contributed by atoms with E-state index in [-0.39, 0.29) is 46.3 Å². The van der Waals surface area contributed by atoms with Gasteiger partial charge in [0, 0.05) is 36.0 Å². The van der Waals surface area contributed by atoms with Gasteiger partial charge in [-0.3, -0.25) is 9.59 Å². The van der Waals surface area contributed by atoms with Crippen LogP contribution < -0.4 is 44.8 Å². The maximum atomic E-state index is 13.4. The zero-order valence-electron chi connectivity index (χ0n) is 17.1. The van der Waals surface area contributed by atoms with Gasteiger partial charge in [0.2, 0.25) is 5.78 Å². The molecule has 0 saturated heterocycles. The number of aromatic nitrogens is 2. The fraction of sp³-hybridized carbons (Fsp3) is 0.136. The number of methoxy groups -OCH3 is 1. The molecule has 0 unspecified atom stereocenters. The largest absolute Gasteiger partial charge is 1.00 e. The fourth-order valence-electron chi connectivity index (χ4n) is 3.76. The summed E-state index contributed by atoms with van der Waals surface area (Å²) in [5.41, 5.74) is 1.53. The van der Waals surface area contributed by atoms with Crippen molar-refractivity contribution < 1.29 is 49.0 Å². The van der Waals surface area contributed by atoms with Gasteiger partial charge in [0.05, 0.1) is 29.7 Å². The van der Waals surface area contributed by atoms with E-state index in [2.05, 4.69) is 0 Å². The summed E-state index contributed by atoms with van der Waals surface area (Å²) < 4.78 is 8.74. The number of carboxylic acids is 1. The summed E-state index contributed by atoms with van der Waals surface area (Å²) >= 11 is 0. The van der Waals surface area contributed by atoms with E-state index in [1.807, 2.05) is 18.2 Å². The monoisotopic (exact) mass is 412 g/mol. The molecule has 0 atom stereocenters. The number of aryl methyl sites for hydroxylation is 1. The molecule has 0 radical (unpaired) electrons. The van der Waals surface area contributed by atoms with Gasteiger partial charge in [0.25, 0.3) is 0 Å². The summed E-state index contributed by atoms with van der Waals surface area (Å²) in [6.07, 6.45) is 2.99. The third-order valence-corrected chi connectivity index (χ3v) is 5.12. The van der Waals surface area contributed by atoms with Gasteiger partial charge < -0.3 is 23.6 Å². The molecule has 8 heteroatoms. The SMILES string of the molecule is COc1c(C)c(C(=O)c2ccc3c(c2)c(=O)c(C(=O)[O-])cn3C)n2ccccc12.[Na+]. The van der Waals surface area contributed by atoms with E-state index >= 15 is 0 Å². The van der Waals surface area contributed by atoms with E-state index in [0.717, 1.165) is 5.52 Å². The van der Waals surface area contributed by atoms with Gasteiger partial charge in [-0.25, -0.2) is 0 Å². The van der Waals surface area contributed by atoms with Crippen LogP contribution in [-0.4, -0.2) is 27.8 Å². The molecular weight excluding hydrogens is 395 g/mol. The Hall–Kier alpha value is -2.87. The molecule has 0 N–H and O–H groups in total. The first kappa shape index (κ1) is 21.8. The Labute approximate surface area is 193 Å². The van der Waals surface area contributed by atoms with Crippen molar-refractivity contribution in [2.75, 3.05) is 7.11 Å². The summed E-state index contributed by atoms with van der Waals surface area (Å²) in [4.78, 5) is 37.2. The molecule has 3 heterocycles. The number of hydrogen-bond donors (Lipinski definition) is 0. The molecule has 7 nitrogen and oxygen atoms in total. The Kier molecular flexibility index (Phi) is 5.90. The van der Waals surface area contributed by atoms with E-state index < -0.39 is 17.0 Å². The third kappa shape index (κ3) is 3.25. The Bertz CT molecular complexity index is 1380. The molecule has 4 rings (SSSR count). The van der Waals surface area contributed by atoms with Crippen LogP contribution in [-0.2, 0) is 7.05 Å². The summed E-state index contributed by atoms with van der Waals surface area (Å²) in [5, 5.41) is 11.4. The Morgan fingerprint density at radius 3 is 2.50 bits per heavy atom. The van der Waals surface area contributed by atoms with Gasteiger partial charge in [-0.15, -0.1) is 0 Å². The number of benzene rings is 1. The minimum Gasteiger partial charge on any atom is -0.545 e. The molecule has 0 aliphatic rings. The van der Waals surface area contributed by atoms with Crippen LogP contribution in [0.2, 0.25) is 0 Å². The van der Waals surface area contributed by atoms with E-state index in [9.17, 15) is 19.5 Å². The first-order chi connectivity index (χ1) is 13.8. The normalized spacial score (nSPS) is 10.8. The Morgan fingerprint density at radius 1 is 1.10 bits per heavy atom. The molecule has 0 aliphatic carbocycles. The number of carboxylic acid groups (broad SMARTS) is 1. The minimum atomic E-state index is -1.55. The molecule has 4 aromatic rings. The van der Waals surface area contributed by atoms with E-state index in [1.54, 1.807) is 43.8 Å². The molecule has 0 amide bonds. The quantitative estimate of drug-likeness (QED) is 0.307. The van der Waals surface area contributed by atoms with Crippen molar-refractivity contribution in [2.45, 2.75) is 6.92 Å². The summed E-state index contributed by atoms with van der Waals surface area (Å²) in [6, 6.07) is 10.2. The number of hydrogen-bond acceptors (Lipinski definition) is 5. The number of fused-ring (bicyclic) bond motifs is 2. The van der Waals surface area contributed by atoms with Crippen LogP contribution in [0.5, 0.6) is 5.75 Å². The number of carbonyl (C=O) groups is 2. The van der Waals surface area contributed by atoms with Gasteiger partial charge in [-0.05, 0) is 37.3 Å². The smallest absolute Gasteiger partial charge is 0.545 e. The number of pyridine rings is 2. The number of nitrogens with zero attached hydrogens (tertiary/aromatic N) is 2. The number of carbonyl (C=O) groups excluding carboxylic acids is 2. The Morgan fingerprint density at radius 2 is 1.83 bits per heavy atom. The van der Waals surface area contributed by atoms with Crippen LogP contribution in [0, 0.1) is 6.92 Å². The molecule has 0 fully saturated rings. The van der Waals surface area contributed by atoms with Gasteiger partial charge in [-0.1, -0.05) is 6.07 Å². The average Bonchev–Trinajstić information content (AvgIpc) is 3.00. The number of rotatable bonds is 4. The molecule has 146 valence electrons. The van der Waals surface area contributed by atoms with Crippen molar-refractivity contribution in [2.24, 2.45) is 7.05 Å². The first-order valence-electron chi connectivity index (χ1n) is 8.88. The second kappa shape index (κ2) is 8.10. The molecule has 0 aliphatic heterocycles. The van der Waals surface area contributed by atoms with Crippen LogP contribution in [0.3, 0.4) is 0 Å². The maximum Gasteiger partial charge on any atom is 1.00 e. The standard InChI is InChI=1S/C22H18N2O5.Na/c1-12-18(24-9-5-4-6-17(24)21(12)29-3)19(25)13-7-8-16-14(10-13)20(26)15(22(27)28)11-23(16)2;/h4-11H,1-3H3,(H,27,28);/q;+1/p-1. The summed E-state index contributed by atoms with van der Waals surface area (Å²) in [7, 11) is 3.18. The van der Waals surface area contributed by atoms with Crippen LogP contribution in [0.1, 0.15) is 32.0 Å². The molecular formula is C22H17N2NaO5. The minimum absolute atomic E-state index is 0. The van der Waals surface area contributed by atoms with Crippen molar-refractivity contribution in [3.8, 4) is 5.75 Å². The van der Waals surface area contributed by atoms with Crippen molar-refractivity contribution >= 4 is 28.2 Å². The summed E-state index contributed by atoms with van der Waals surface area (Å²) in [6.45, 7) is 1.80. The van der Waals surface area contributed by atoms with Crippen LogP contribution in [0.25, 0.3) is 16.4 Å². The van der Waals surface area contributed by atoms with Crippen molar-refractivity contribution in [3.05, 3.63) is 81.4 Å². The van der Waals surface area contributed by atoms with Crippen molar-refractivity contribution in [1.29, 1.82) is 0 Å². The zero-order chi connectivity index (χ0) is 20.9. The van der Waals surface area contributed by atoms with Gasteiger partial charge in [0.15, 0.2) is 5.43 Å². The van der Waals surface area contributed by atoms with Crippen LogP contribution in [0.15, 0.2) is 53.6 Å². The molecule has 30 heavy (non-hydrogen) atoms. The first-order valence-corrected chi connectivity index (χ1v) is 8.88. The number of ether oxygens (including phenoxy) is 1. The Balaban J connectivity index is 0.00000256. The van der Waals surface area contributed by atoms with Crippen LogP contribution in [0.4, 0.5) is 0 Å². The average molecular weight is 412 g/mol. The molecule has 1 aromatic carbocycles. The second-order valence-corrected chi connectivity index (χ2v) is 6.79. The molecule has 0 saturated carbocycles. The van der Waals surface area contributed by atoms with Crippen molar-refractivity contribution in [3.63, 3.8) is 0 Å². The van der Waals surface area contributed by atoms with Crippen LogP contribution >= 0.6 is 0 Å². The fourth-order valence-corrected chi connectivity index (χ4v) is 3.76. The third-order valence-electron chi connectivity index (χ3n) is 5.12. The van der Waals surface area contributed by atoms with Crippen molar-refractivity contribution in [1.82, 2.24) is 8.97 Å². The van der Waals surface area contributed by atoms with Gasteiger partial charge in [0.1, 0.15) is 11.4 Å². The van der Waals surface area contributed by atoms with E-state index in [4.69, 9.17) is 4.74 Å². The maximum absolute atomic E-state index is 13.4. The summed E-state index contributed by atoms with van der Waals surface area (Å²) in [5.74, 6) is -1.25. The van der Waals surface area contributed by atoms with E-state index in [0.29, 0.717) is 22.5 Å². The number of aromatic carboxylic acids is 1. The van der Waals surface area contributed by atoms with E-state index in [1.165, 1.54) is 16.8 Å².